The number of unbranched alkanes of at least 4 members (excludes halogenated alkanes) is 21. The maximum absolute atomic E-state index is 12.9. The lowest BCUT2D eigenvalue weighted by Crippen LogP contribution is -2.30. The highest BCUT2D eigenvalue weighted by Gasteiger charge is 2.28. The SMILES string of the molecule is CC/C=C\C/C=C\C/C=C\C/C=C\C/C=C\CCCC(=O)OC(COC(=O)CCCCCCCCC/C=C\C/C=C\CCCCC)COP(=O)(O)OCC(CO)OC(=O)CCCCCCCCCCCCC. The molecule has 414 valence electrons. The minimum absolute atomic E-state index is 0.0857. The molecule has 0 radical (unpaired) electrons. The fraction of sp³-hybridized carbons (Fsp3) is 0.717. The molecule has 0 heterocycles. The zero-order valence-electron chi connectivity index (χ0n) is 45.6. The Morgan fingerprint density at radius 2 is 0.736 bits per heavy atom. The van der Waals surface area contributed by atoms with Gasteiger partial charge in [-0.3, -0.25) is 23.4 Å². The highest BCUT2D eigenvalue weighted by molar-refractivity contribution is 7.47. The highest BCUT2D eigenvalue weighted by atomic mass is 31.2. The summed E-state index contributed by atoms with van der Waals surface area (Å²) in [4.78, 5) is 48.5. The second-order valence-corrected chi connectivity index (χ2v) is 20.2. The predicted molar refractivity (Wildman–Crippen MR) is 298 cm³/mol. The number of rotatable bonds is 52. The van der Waals surface area contributed by atoms with Crippen molar-refractivity contribution in [2.45, 2.75) is 251 Å². The molecule has 0 aromatic carbocycles. The lowest BCUT2D eigenvalue weighted by molar-refractivity contribution is -0.161. The van der Waals surface area contributed by atoms with E-state index in [9.17, 15) is 28.9 Å². The second kappa shape index (κ2) is 53.9. The molecule has 11 nitrogen and oxygen atoms in total. The number of hydrogen-bond donors (Lipinski definition) is 2. The normalized spacial score (nSPS) is 14.0. The molecule has 0 aromatic rings. The number of carbonyl (C=O) groups is 3. The Labute approximate surface area is 439 Å². The van der Waals surface area contributed by atoms with Gasteiger partial charge < -0.3 is 24.2 Å². The Kier molecular flexibility index (Phi) is 51.4. The third kappa shape index (κ3) is 51.6. The predicted octanol–water partition coefficient (Wildman–Crippen LogP) is 16.7. The summed E-state index contributed by atoms with van der Waals surface area (Å²) in [6.45, 7) is 4.43. The summed E-state index contributed by atoms with van der Waals surface area (Å²) in [5, 5.41) is 9.79. The molecule has 3 atom stereocenters. The number of aliphatic hydroxyl groups is 1. The average molecular weight is 1030 g/mol. The van der Waals surface area contributed by atoms with E-state index in [0.717, 1.165) is 89.9 Å². The van der Waals surface area contributed by atoms with E-state index in [4.69, 9.17) is 23.3 Å². The van der Waals surface area contributed by atoms with E-state index in [2.05, 4.69) is 93.7 Å². The molecule has 0 aromatic heterocycles. The van der Waals surface area contributed by atoms with E-state index in [0.29, 0.717) is 25.7 Å². The van der Waals surface area contributed by atoms with Gasteiger partial charge in [-0.1, -0.05) is 215 Å². The van der Waals surface area contributed by atoms with Crippen molar-refractivity contribution in [1.82, 2.24) is 0 Å². The van der Waals surface area contributed by atoms with Gasteiger partial charge in [0.05, 0.1) is 19.8 Å². The quantitative estimate of drug-likeness (QED) is 0.0197. The van der Waals surface area contributed by atoms with Crippen LogP contribution in [0.4, 0.5) is 0 Å². The van der Waals surface area contributed by atoms with E-state index in [1.165, 1.54) is 83.5 Å². The molecule has 0 fully saturated rings. The van der Waals surface area contributed by atoms with Crippen molar-refractivity contribution < 1.29 is 52.2 Å². The smallest absolute Gasteiger partial charge is 0.462 e. The van der Waals surface area contributed by atoms with Crippen LogP contribution in [0.1, 0.15) is 239 Å². The van der Waals surface area contributed by atoms with Gasteiger partial charge in [0.25, 0.3) is 0 Å². The third-order valence-electron chi connectivity index (χ3n) is 11.8. The monoisotopic (exact) mass is 1030 g/mol. The molecule has 0 saturated heterocycles. The van der Waals surface area contributed by atoms with Crippen molar-refractivity contribution in [3.05, 3.63) is 85.1 Å². The molecule has 0 saturated carbocycles. The molecule has 2 N–H and O–H groups in total. The molecule has 0 aliphatic heterocycles. The van der Waals surface area contributed by atoms with Crippen LogP contribution in [0.2, 0.25) is 0 Å². The van der Waals surface area contributed by atoms with E-state index in [1.807, 2.05) is 12.2 Å². The third-order valence-corrected chi connectivity index (χ3v) is 12.8. The molecule has 72 heavy (non-hydrogen) atoms. The molecule has 0 bridgehead atoms. The highest BCUT2D eigenvalue weighted by Crippen LogP contribution is 2.43. The van der Waals surface area contributed by atoms with Crippen molar-refractivity contribution >= 4 is 25.7 Å². The van der Waals surface area contributed by atoms with Crippen LogP contribution < -0.4 is 0 Å². The van der Waals surface area contributed by atoms with E-state index in [1.54, 1.807) is 0 Å². The van der Waals surface area contributed by atoms with E-state index in [-0.39, 0.29) is 25.9 Å². The van der Waals surface area contributed by atoms with Gasteiger partial charge in [-0.05, 0) is 89.9 Å². The number of aliphatic hydroxyl groups excluding tert-OH is 1. The van der Waals surface area contributed by atoms with Gasteiger partial charge in [0.1, 0.15) is 12.7 Å². The Morgan fingerprint density at radius 1 is 0.403 bits per heavy atom. The van der Waals surface area contributed by atoms with Crippen molar-refractivity contribution in [3.8, 4) is 0 Å². The number of carbonyl (C=O) groups excluding carboxylic acids is 3. The van der Waals surface area contributed by atoms with Crippen LogP contribution in [0, 0.1) is 0 Å². The number of phosphoric ester groups is 1. The Hall–Kier alpha value is -3.34. The molecule has 0 spiro atoms. The first-order valence-electron chi connectivity index (χ1n) is 28.5. The van der Waals surface area contributed by atoms with Crippen LogP contribution in [0.3, 0.4) is 0 Å². The van der Waals surface area contributed by atoms with Crippen LogP contribution in [-0.4, -0.2) is 66.5 Å². The maximum Gasteiger partial charge on any atom is 0.472 e. The van der Waals surface area contributed by atoms with Gasteiger partial charge in [0.15, 0.2) is 6.10 Å². The van der Waals surface area contributed by atoms with Crippen LogP contribution in [-0.2, 0) is 42.2 Å². The second-order valence-electron chi connectivity index (χ2n) is 18.7. The summed E-state index contributed by atoms with van der Waals surface area (Å²) in [7, 11) is -4.76. The molecule has 0 aliphatic carbocycles. The average Bonchev–Trinajstić information content (AvgIpc) is 3.37. The van der Waals surface area contributed by atoms with Crippen molar-refractivity contribution in [2.24, 2.45) is 0 Å². The lowest BCUT2D eigenvalue weighted by atomic mass is 10.1. The van der Waals surface area contributed by atoms with Gasteiger partial charge in [-0.15, -0.1) is 0 Å². The molecular weight excluding hydrogens is 928 g/mol. The standard InChI is InChI=1S/C60H103O11P/c1-4-7-10-13-16-19-22-24-26-28-30-32-35-37-40-43-46-49-58(62)67-53-57(71-60(64)51-48-45-42-39-36-33-31-29-27-25-23-20-17-14-11-8-5-2)55-69-72(65,66)68-54-56(52-61)70-59(63)50-47-44-41-38-34-21-18-15-12-9-6-3/h8,11,16-17,19-20,24-27,31,33,39,42,56-57,61H,4-7,9-10,12-15,18,21-23,28-30,32,34-38,40-41,43-55H2,1-3H3,(H,65,66)/b11-8-,19-16-,20-17-,26-24-,27-25-,33-31-,42-39-. The van der Waals surface area contributed by atoms with Gasteiger partial charge in [-0.2, -0.15) is 0 Å². The number of esters is 3. The summed E-state index contributed by atoms with van der Waals surface area (Å²) < 4.78 is 39.4. The minimum Gasteiger partial charge on any atom is -0.462 e. The van der Waals surface area contributed by atoms with E-state index < -0.39 is 57.8 Å². The molecule has 12 heteroatoms. The van der Waals surface area contributed by atoms with E-state index >= 15 is 0 Å². The molecule has 3 unspecified atom stereocenters. The molecule has 0 aliphatic rings. The fourth-order valence-corrected chi connectivity index (χ4v) is 8.26. The van der Waals surface area contributed by atoms with Crippen LogP contribution in [0.5, 0.6) is 0 Å². The largest absolute Gasteiger partial charge is 0.472 e. The summed E-state index contributed by atoms with van der Waals surface area (Å²) in [5.74, 6) is -1.54. The minimum atomic E-state index is -4.76. The van der Waals surface area contributed by atoms with Gasteiger partial charge >= 0.3 is 25.7 Å². The maximum atomic E-state index is 12.9. The van der Waals surface area contributed by atoms with Crippen molar-refractivity contribution in [3.63, 3.8) is 0 Å². The fourth-order valence-electron chi connectivity index (χ4n) is 7.48. The summed E-state index contributed by atoms with van der Waals surface area (Å²) in [6.07, 6.45) is 61.2. The number of allylic oxidation sites excluding steroid dienone is 14. The first-order chi connectivity index (χ1) is 35.2. The number of hydrogen-bond acceptors (Lipinski definition) is 10. The first kappa shape index (κ1) is 68.7. The van der Waals surface area contributed by atoms with Gasteiger partial charge in [0, 0.05) is 19.3 Å². The lowest BCUT2D eigenvalue weighted by Gasteiger charge is -2.21. The van der Waals surface area contributed by atoms with Crippen LogP contribution in [0.15, 0.2) is 85.1 Å². The molecule has 0 rings (SSSR count). The van der Waals surface area contributed by atoms with Crippen molar-refractivity contribution in [1.29, 1.82) is 0 Å². The van der Waals surface area contributed by atoms with Crippen LogP contribution >= 0.6 is 7.82 Å². The number of ether oxygens (including phenoxy) is 3. The number of phosphoric acid groups is 1. The zero-order chi connectivity index (χ0) is 52.7. The topological polar surface area (TPSA) is 155 Å². The van der Waals surface area contributed by atoms with Gasteiger partial charge in [-0.25, -0.2) is 4.57 Å². The Morgan fingerprint density at radius 3 is 1.19 bits per heavy atom. The zero-order valence-corrected chi connectivity index (χ0v) is 46.5. The van der Waals surface area contributed by atoms with Crippen LogP contribution in [0.25, 0.3) is 0 Å². The molecule has 0 amide bonds. The van der Waals surface area contributed by atoms with Gasteiger partial charge in [0.2, 0.25) is 0 Å². The first-order valence-corrected chi connectivity index (χ1v) is 30.0. The Bertz CT molecular complexity index is 1530. The molecular formula is C60H103O11P. The Balaban J connectivity index is 4.83. The summed E-state index contributed by atoms with van der Waals surface area (Å²) in [5.41, 5.74) is 0. The summed E-state index contributed by atoms with van der Waals surface area (Å²) >= 11 is 0. The van der Waals surface area contributed by atoms with Crippen molar-refractivity contribution in [2.75, 3.05) is 26.4 Å². The summed E-state index contributed by atoms with van der Waals surface area (Å²) in [6, 6.07) is 0.